The lowest BCUT2D eigenvalue weighted by molar-refractivity contribution is -0.274. The second-order valence-corrected chi connectivity index (χ2v) is 4.09. The van der Waals surface area contributed by atoms with Crippen molar-refractivity contribution in [3.8, 4) is 5.75 Å². The zero-order valence-corrected chi connectivity index (χ0v) is 9.85. The third-order valence-electron chi connectivity index (χ3n) is 1.69. The predicted molar refractivity (Wildman–Crippen MR) is 55.2 cm³/mol. The third kappa shape index (κ3) is 4.22. The van der Waals surface area contributed by atoms with E-state index in [0.29, 0.717) is 4.47 Å². The number of benzene rings is 1. The van der Waals surface area contributed by atoms with Crippen LogP contribution in [0.4, 0.5) is 13.2 Å². The lowest BCUT2D eigenvalue weighted by Gasteiger charge is -2.12. The number of hydrogen-bond acceptors (Lipinski definition) is 2. The van der Waals surface area contributed by atoms with Crippen molar-refractivity contribution in [1.29, 1.82) is 0 Å². The highest BCUT2D eigenvalue weighted by Gasteiger charge is 2.32. The first-order valence-electron chi connectivity index (χ1n) is 4.31. The summed E-state index contributed by atoms with van der Waals surface area (Å²) in [6.45, 7) is 1.30. The summed E-state index contributed by atoms with van der Waals surface area (Å²) in [7, 11) is 0. The number of rotatable bonds is 3. The molecule has 6 heteroatoms. The fraction of sp³-hybridized carbons (Fsp3) is 0.300. The van der Waals surface area contributed by atoms with Gasteiger partial charge in [-0.3, -0.25) is 4.79 Å². The van der Waals surface area contributed by atoms with E-state index in [0.717, 1.165) is 0 Å². The Bertz CT molecular complexity index is 402. The minimum atomic E-state index is -4.76. The minimum absolute atomic E-state index is 0.0846. The van der Waals surface area contributed by atoms with E-state index >= 15 is 0 Å². The van der Waals surface area contributed by atoms with Crippen LogP contribution in [0.1, 0.15) is 12.5 Å². The smallest absolute Gasteiger partial charge is 0.405 e. The second kappa shape index (κ2) is 4.86. The van der Waals surface area contributed by atoms with Crippen LogP contribution in [0.3, 0.4) is 0 Å². The Kier molecular flexibility index (Phi) is 3.96. The van der Waals surface area contributed by atoms with Crippen molar-refractivity contribution >= 4 is 21.7 Å². The summed E-state index contributed by atoms with van der Waals surface area (Å²) in [6, 6.07) is 4.17. The number of Topliss-reactive ketones (excluding diaryl/α,β-unsaturated/α-hetero) is 1. The van der Waals surface area contributed by atoms with E-state index in [4.69, 9.17) is 0 Å². The molecule has 0 heterocycles. The van der Waals surface area contributed by atoms with Gasteiger partial charge in [0.15, 0.2) is 0 Å². The Hall–Kier alpha value is -1.04. The van der Waals surface area contributed by atoms with Gasteiger partial charge in [-0.1, -0.05) is 22.0 Å². The van der Waals surface area contributed by atoms with Gasteiger partial charge in [0, 0.05) is 16.5 Å². The molecule has 0 atom stereocenters. The average molecular weight is 297 g/mol. The standard InChI is InChI=1S/C10H8BrF3O2/c1-6(15)4-7-2-3-8(11)5-9(7)16-10(12,13)14/h2-3,5H,4H2,1H3. The highest BCUT2D eigenvalue weighted by atomic mass is 79.9. The fourth-order valence-corrected chi connectivity index (χ4v) is 1.50. The van der Waals surface area contributed by atoms with E-state index in [9.17, 15) is 18.0 Å². The number of ketones is 1. The molecule has 0 amide bonds. The van der Waals surface area contributed by atoms with Gasteiger partial charge in [-0.05, 0) is 19.1 Å². The van der Waals surface area contributed by atoms with E-state index in [1.54, 1.807) is 6.07 Å². The van der Waals surface area contributed by atoms with Crippen LogP contribution in [0.2, 0.25) is 0 Å². The molecule has 88 valence electrons. The van der Waals surface area contributed by atoms with E-state index < -0.39 is 6.36 Å². The molecule has 0 aliphatic heterocycles. The maximum Gasteiger partial charge on any atom is 0.573 e. The van der Waals surface area contributed by atoms with Crippen molar-refractivity contribution in [2.24, 2.45) is 0 Å². The molecule has 0 fully saturated rings. The van der Waals surface area contributed by atoms with Gasteiger partial charge in [-0.15, -0.1) is 13.2 Å². The number of halogens is 4. The average Bonchev–Trinajstić information content (AvgIpc) is 2.06. The van der Waals surface area contributed by atoms with Crippen LogP contribution < -0.4 is 4.74 Å². The molecule has 1 aromatic carbocycles. The Morgan fingerprint density at radius 2 is 2.06 bits per heavy atom. The Morgan fingerprint density at radius 1 is 1.44 bits per heavy atom. The zero-order chi connectivity index (χ0) is 12.3. The molecule has 0 bridgehead atoms. The van der Waals surface area contributed by atoms with Crippen molar-refractivity contribution in [1.82, 2.24) is 0 Å². The molecular weight excluding hydrogens is 289 g/mol. The maximum absolute atomic E-state index is 12.1. The van der Waals surface area contributed by atoms with Gasteiger partial charge in [-0.25, -0.2) is 0 Å². The monoisotopic (exact) mass is 296 g/mol. The molecule has 0 aliphatic rings. The quantitative estimate of drug-likeness (QED) is 0.854. The molecule has 0 saturated carbocycles. The second-order valence-electron chi connectivity index (χ2n) is 3.18. The molecule has 16 heavy (non-hydrogen) atoms. The van der Waals surface area contributed by atoms with Crippen LogP contribution >= 0.6 is 15.9 Å². The molecule has 0 saturated heterocycles. The topological polar surface area (TPSA) is 26.3 Å². The van der Waals surface area contributed by atoms with Crippen LogP contribution in [0.15, 0.2) is 22.7 Å². The summed E-state index contributed by atoms with van der Waals surface area (Å²) in [4.78, 5) is 10.9. The maximum atomic E-state index is 12.1. The first kappa shape index (κ1) is 13.0. The summed E-state index contributed by atoms with van der Waals surface area (Å²) in [5.74, 6) is -0.577. The number of ether oxygens (including phenoxy) is 1. The predicted octanol–water partition coefficient (Wildman–Crippen LogP) is 3.48. The van der Waals surface area contributed by atoms with Crippen LogP contribution in [-0.2, 0) is 11.2 Å². The first-order valence-corrected chi connectivity index (χ1v) is 5.11. The Balaban J connectivity index is 3.03. The molecule has 0 radical (unpaired) electrons. The molecule has 0 aromatic heterocycles. The van der Waals surface area contributed by atoms with Gasteiger partial charge in [0.1, 0.15) is 11.5 Å². The third-order valence-corrected chi connectivity index (χ3v) is 2.19. The SMILES string of the molecule is CC(=O)Cc1ccc(Br)cc1OC(F)(F)F. The van der Waals surface area contributed by atoms with Gasteiger partial charge >= 0.3 is 6.36 Å². The van der Waals surface area contributed by atoms with Crippen molar-refractivity contribution in [3.63, 3.8) is 0 Å². The van der Waals surface area contributed by atoms with Gasteiger partial charge in [0.25, 0.3) is 0 Å². The van der Waals surface area contributed by atoms with Crippen molar-refractivity contribution in [2.75, 3.05) is 0 Å². The molecule has 0 aliphatic carbocycles. The van der Waals surface area contributed by atoms with Gasteiger partial charge in [0.05, 0.1) is 0 Å². The summed E-state index contributed by atoms with van der Waals surface area (Å²) >= 11 is 3.04. The number of carbonyl (C=O) groups excluding carboxylic acids is 1. The van der Waals surface area contributed by atoms with Crippen molar-refractivity contribution in [2.45, 2.75) is 19.7 Å². The summed E-state index contributed by atoms with van der Waals surface area (Å²) in [5.41, 5.74) is 0.216. The molecule has 1 aromatic rings. The zero-order valence-electron chi connectivity index (χ0n) is 8.27. The number of alkyl halides is 3. The van der Waals surface area contributed by atoms with Crippen LogP contribution in [0.5, 0.6) is 5.75 Å². The van der Waals surface area contributed by atoms with Crippen molar-refractivity contribution < 1.29 is 22.7 Å². The molecule has 2 nitrogen and oxygen atoms in total. The summed E-state index contributed by atoms with van der Waals surface area (Å²) in [6.07, 6.45) is -4.84. The number of hydrogen-bond donors (Lipinski definition) is 0. The van der Waals surface area contributed by atoms with Crippen molar-refractivity contribution in [3.05, 3.63) is 28.2 Å². The summed E-state index contributed by atoms with van der Waals surface area (Å²) in [5, 5.41) is 0. The van der Waals surface area contributed by atoms with Crippen LogP contribution in [0.25, 0.3) is 0 Å². The molecule has 0 unspecified atom stereocenters. The first-order chi connectivity index (χ1) is 7.28. The normalized spacial score (nSPS) is 11.3. The van der Waals surface area contributed by atoms with E-state index in [1.807, 2.05) is 0 Å². The minimum Gasteiger partial charge on any atom is -0.405 e. The molecule has 0 N–H and O–H groups in total. The van der Waals surface area contributed by atoms with Crippen LogP contribution in [-0.4, -0.2) is 12.1 Å². The summed E-state index contributed by atoms with van der Waals surface area (Å²) < 4.78 is 40.5. The lowest BCUT2D eigenvalue weighted by Crippen LogP contribution is -2.18. The van der Waals surface area contributed by atoms with Crippen LogP contribution in [0, 0.1) is 0 Å². The molecular formula is C10H8BrF3O2. The lowest BCUT2D eigenvalue weighted by atomic mass is 10.1. The fourth-order valence-electron chi connectivity index (χ4n) is 1.16. The van der Waals surface area contributed by atoms with Gasteiger partial charge < -0.3 is 4.74 Å². The highest BCUT2D eigenvalue weighted by Crippen LogP contribution is 2.29. The Morgan fingerprint density at radius 3 is 2.56 bits per heavy atom. The Labute approximate surface area is 98.5 Å². The van der Waals surface area contributed by atoms with E-state index in [2.05, 4.69) is 20.7 Å². The van der Waals surface area contributed by atoms with E-state index in [-0.39, 0.29) is 23.5 Å². The number of carbonyl (C=O) groups is 1. The molecule has 0 spiro atoms. The highest BCUT2D eigenvalue weighted by molar-refractivity contribution is 9.10. The largest absolute Gasteiger partial charge is 0.573 e. The molecule has 1 rings (SSSR count). The van der Waals surface area contributed by atoms with Gasteiger partial charge in [0.2, 0.25) is 0 Å². The van der Waals surface area contributed by atoms with E-state index in [1.165, 1.54) is 19.1 Å². The van der Waals surface area contributed by atoms with Gasteiger partial charge in [-0.2, -0.15) is 0 Å².